The molecule has 4 heteroatoms. The Balaban J connectivity index is 2.22. The Bertz CT molecular complexity index is 464. The summed E-state index contributed by atoms with van der Waals surface area (Å²) >= 11 is 0. The fourth-order valence-electron chi connectivity index (χ4n) is 2.93. The summed E-state index contributed by atoms with van der Waals surface area (Å²) in [5.74, 6) is 0.0946. The first-order chi connectivity index (χ1) is 9.46. The quantitative estimate of drug-likeness (QED) is 0.924. The van der Waals surface area contributed by atoms with Crippen LogP contribution in [0.15, 0.2) is 18.2 Å². The number of likely N-dealkylation sites (tertiary alicyclic amines) is 1. The summed E-state index contributed by atoms with van der Waals surface area (Å²) in [5.41, 5.74) is -0.677. The Morgan fingerprint density at radius 3 is 2.65 bits per heavy atom. The standard InChI is InChI=1S/C16H24FNO2/c1-12(2)18-9-4-7-16(19,8-10-18)14-6-5-13(20-3)11-15(14)17/h5-6,11-12,19H,4,7-10H2,1-3H3. The highest BCUT2D eigenvalue weighted by molar-refractivity contribution is 5.32. The SMILES string of the molecule is COc1ccc(C2(O)CCCN(C(C)C)CC2)c(F)c1. The molecule has 1 heterocycles. The lowest BCUT2D eigenvalue weighted by Gasteiger charge is -2.29. The van der Waals surface area contributed by atoms with E-state index in [0.717, 1.165) is 19.5 Å². The summed E-state index contributed by atoms with van der Waals surface area (Å²) in [6, 6.07) is 5.16. The molecular formula is C16H24FNO2. The first-order valence-corrected chi connectivity index (χ1v) is 7.27. The maximum atomic E-state index is 14.2. The lowest BCUT2D eigenvalue weighted by Crippen LogP contribution is -2.33. The molecule has 0 spiro atoms. The van der Waals surface area contributed by atoms with Crippen molar-refractivity contribution in [1.82, 2.24) is 4.90 Å². The molecule has 1 unspecified atom stereocenters. The van der Waals surface area contributed by atoms with Crippen LogP contribution in [0.5, 0.6) is 5.75 Å². The Labute approximate surface area is 120 Å². The van der Waals surface area contributed by atoms with Crippen molar-refractivity contribution >= 4 is 0 Å². The largest absolute Gasteiger partial charge is 0.497 e. The number of rotatable bonds is 3. The Morgan fingerprint density at radius 1 is 1.30 bits per heavy atom. The zero-order chi connectivity index (χ0) is 14.8. The van der Waals surface area contributed by atoms with Crippen molar-refractivity contribution in [3.63, 3.8) is 0 Å². The summed E-state index contributed by atoms with van der Waals surface area (Å²) in [7, 11) is 1.51. The highest BCUT2D eigenvalue weighted by atomic mass is 19.1. The van der Waals surface area contributed by atoms with Gasteiger partial charge in [0.05, 0.1) is 12.7 Å². The van der Waals surface area contributed by atoms with Gasteiger partial charge in [-0.3, -0.25) is 0 Å². The molecule has 0 radical (unpaired) electrons. The van der Waals surface area contributed by atoms with Crippen LogP contribution < -0.4 is 4.74 Å². The fourth-order valence-corrected chi connectivity index (χ4v) is 2.93. The Morgan fingerprint density at radius 2 is 2.05 bits per heavy atom. The molecule has 1 atom stereocenters. The number of halogens is 1. The van der Waals surface area contributed by atoms with Crippen molar-refractivity contribution in [2.45, 2.75) is 44.8 Å². The van der Waals surface area contributed by atoms with Crippen molar-refractivity contribution in [3.8, 4) is 5.75 Å². The van der Waals surface area contributed by atoms with Crippen molar-refractivity contribution in [2.75, 3.05) is 20.2 Å². The second-order valence-electron chi connectivity index (χ2n) is 5.86. The zero-order valence-electron chi connectivity index (χ0n) is 12.5. The predicted molar refractivity (Wildman–Crippen MR) is 77.4 cm³/mol. The molecular weight excluding hydrogens is 257 g/mol. The molecule has 2 rings (SSSR count). The van der Waals surface area contributed by atoms with Crippen LogP contribution in [-0.4, -0.2) is 36.2 Å². The molecule has 1 fully saturated rings. The van der Waals surface area contributed by atoms with Gasteiger partial charge in [0.1, 0.15) is 11.6 Å². The number of nitrogens with zero attached hydrogens (tertiary/aromatic N) is 1. The minimum atomic E-state index is -1.07. The Hall–Kier alpha value is -1.13. The molecule has 0 bridgehead atoms. The van der Waals surface area contributed by atoms with E-state index in [0.29, 0.717) is 30.2 Å². The first kappa shape index (κ1) is 15.3. The zero-order valence-corrected chi connectivity index (χ0v) is 12.5. The van der Waals surface area contributed by atoms with Gasteiger partial charge in [0, 0.05) is 24.2 Å². The van der Waals surface area contributed by atoms with Crippen molar-refractivity contribution in [2.24, 2.45) is 0 Å². The number of hydrogen-bond donors (Lipinski definition) is 1. The van der Waals surface area contributed by atoms with Crippen molar-refractivity contribution < 1.29 is 14.2 Å². The second kappa shape index (κ2) is 6.10. The van der Waals surface area contributed by atoms with Gasteiger partial charge in [0.25, 0.3) is 0 Å². The van der Waals surface area contributed by atoms with Crippen molar-refractivity contribution in [3.05, 3.63) is 29.6 Å². The monoisotopic (exact) mass is 281 g/mol. The van der Waals surface area contributed by atoms with E-state index in [1.165, 1.54) is 13.2 Å². The molecule has 1 aromatic rings. The molecule has 3 nitrogen and oxygen atoms in total. The van der Waals surface area contributed by atoms with Gasteiger partial charge in [-0.15, -0.1) is 0 Å². The topological polar surface area (TPSA) is 32.7 Å². The van der Waals surface area contributed by atoms with Gasteiger partial charge in [0.2, 0.25) is 0 Å². The summed E-state index contributed by atoms with van der Waals surface area (Å²) in [6.45, 7) is 6.05. The molecule has 0 aliphatic carbocycles. The highest BCUT2D eigenvalue weighted by Crippen LogP contribution is 2.35. The van der Waals surface area contributed by atoms with Gasteiger partial charge in [0.15, 0.2) is 0 Å². The first-order valence-electron chi connectivity index (χ1n) is 7.27. The average molecular weight is 281 g/mol. The molecule has 1 aliphatic heterocycles. The van der Waals surface area contributed by atoms with Crippen LogP contribution in [0.2, 0.25) is 0 Å². The van der Waals surface area contributed by atoms with Crippen LogP contribution in [0.3, 0.4) is 0 Å². The molecule has 112 valence electrons. The van der Waals surface area contributed by atoms with Gasteiger partial charge in [-0.1, -0.05) is 0 Å². The van der Waals surface area contributed by atoms with E-state index in [-0.39, 0.29) is 5.82 Å². The summed E-state index contributed by atoms with van der Waals surface area (Å²) in [4.78, 5) is 2.33. The van der Waals surface area contributed by atoms with Gasteiger partial charge < -0.3 is 14.7 Å². The van der Waals surface area contributed by atoms with Crippen LogP contribution in [0, 0.1) is 5.82 Å². The normalized spacial score (nSPS) is 24.7. The maximum absolute atomic E-state index is 14.2. The minimum absolute atomic E-state index is 0.384. The molecule has 1 N–H and O–H groups in total. The summed E-state index contributed by atoms with van der Waals surface area (Å²) in [5, 5.41) is 10.9. The summed E-state index contributed by atoms with van der Waals surface area (Å²) in [6.07, 6.45) is 2.04. The lowest BCUT2D eigenvalue weighted by atomic mass is 9.86. The third-order valence-electron chi connectivity index (χ3n) is 4.26. The van der Waals surface area contributed by atoms with Gasteiger partial charge in [-0.25, -0.2) is 4.39 Å². The average Bonchev–Trinajstić information content (AvgIpc) is 2.61. The number of benzene rings is 1. The Kier molecular flexibility index (Phi) is 4.66. The number of methoxy groups -OCH3 is 1. The third kappa shape index (κ3) is 3.13. The lowest BCUT2D eigenvalue weighted by molar-refractivity contribution is 0.0170. The molecule has 0 saturated carbocycles. The molecule has 1 aromatic carbocycles. The van der Waals surface area contributed by atoms with Crippen LogP contribution >= 0.6 is 0 Å². The van der Waals surface area contributed by atoms with Crippen LogP contribution in [0.4, 0.5) is 4.39 Å². The van der Waals surface area contributed by atoms with E-state index in [2.05, 4.69) is 18.7 Å². The fraction of sp³-hybridized carbons (Fsp3) is 0.625. The van der Waals surface area contributed by atoms with Crippen molar-refractivity contribution in [1.29, 1.82) is 0 Å². The molecule has 1 aliphatic rings. The third-order valence-corrected chi connectivity index (χ3v) is 4.26. The van der Waals surface area contributed by atoms with E-state index in [4.69, 9.17) is 4.74 Å². The second-order valence-corrected chi connectivity index (χ2v) is 5.86. The predicted octanol–water partition coefficient (Wildman–Crippen LogP) is 2.92. The number of ether oxygens (including phenoxy) is 1. The number of aliphatic hydroxyl groups is 1. The maximum Gasteiger partial charge on any atom is 0.132 e. The van der Waals surface area contributed by atoms with Crippen LogP contribution in [-0.2, 0) is 5.60 Å². The van der Waals surface area contributed by atoms with Gasteiger partial charge >= 0.3 is 0 Å². The minimum Gasteiger partial charge on any atom is -0.497 e. The number of hydrogen-bond acceptors (Lipinski definition) is 3. The molecule has 0 amide bonds. The summed E-state index contributed by atoms with van der Waals surface area (Å²) < 4.78 is 19.2. The van der Waals surface area contributed by atoms with Crippen LogP contribution in [0.25, 0.3) is 0 Å². The highest BCUT2D eigenvalue weighted by Gasteiger charge is 2.34. The van der Waals surface area contributed by atoms with E-state index in [9.17, 15) is 9.50 Å². The molecule has 1 saturated heterocycles. The van der Waals surface area contributed by atoms with E-state index < -0.39 is 5.60 Å². The van der Waals surface area contributed by atoms with E-state index in [1.807, 2.05) is 0 Å². The molecule has 0 aromatic heterocycles. The van der Waals surface area contributed by atoms with Crippen LogP contribution in [0.1, 0.15) is 38.7 Å². The smallest absolute Gasteiger partial charge is 0.132 e. The molecule has 20 heavy (non-hydrogen) atoms. The van der Waals surface area contributed by atoms with E-state index in [1.54, 1.807) is 12.1 Å². The van der Waals surface area contributed by atoms with Gasteiger partial charge in [-0.2, -0.15) is 0 Å². The van der Waals surface area contributed by atoms with E-state index >= 15 is 0 Å². The van der Waals surface area contributed by atoms with Gasteiger partial charge in [-0.05, 0) is 51.8 Å².